The van der Waals surface area contributed by atoms with Crippen molar-refractivity contribution < 1.29 is 19.2 Å². The molecule has 6 nitrogen and oxygen atoms in total. The molecule has 1 aliphatic rings. The normalized spacial score (nSPS) is 13.6. The minimum Gasteiger partial charge on any atom is -0.294 e. The van der Waals surface area contributed by atoms with Crippen LogP contribution in [0.4, 0.5) is 0 Å². The SMILES string of the molecule is CC(=O)c1cc2cc3cc4c(cc3cc2cc1C(C)=O)C(=O)N(CN(C)C)C4=O. The van der Waals surface area contributed by atoms with Gasteiger partial charge in [-0.2, -0.15) is 0 Å². The second-order valence-corrected chi connectivity index (χ2v) is 7.71. The van der Waals surface area contributed by atoms with Crippen molar-refractivity contribution in [3.8, 4) is 0 Å². The number of imide groups is 1. The monoisotopic (exact) mass is 388 g/mol. The first-order valence-corrected chi connectivity index (χ1v) is 9.25. The summed E-state index contributed by atoms with van der Waals surface area (Å²) in [5.74, 6) is -0.966. The van der Waals surface area contributed by atoms with Crippen molar-refractivity contribution in [1.29, 1.82) is 0 Å². The van der Waals surface area contributed by atoms with E-state index >= 15 is 0 Å². The lowest BCUT2D eigenvalue weighted by Gasteiger charge is -2.18. The highest BCUT2D eigenvalue weighted by Crippen LogP contribution is 2.32. The molecule has 0 N–H and O–H groups in total. The number of Topliss-reactive ketones (excluding diaryl/α,β-unsaturated/α-hetero) is 2. The molecule has 146 valence electrons. The zero-order valence-electron chi connectivity index (χ0n) is 16.7. The number of carbonyl (C=O) groups excluding carboxylic acids is 4. The van der Waals surface area contributed by atoms with Gasteiger partial charge in [-0.15, -0.1) is 0 Å². The Kier molecular flexibility index (Phi) is 4.31. The van der Waals surface area contributed by atoms with Gasteiger partial charge < -0.3 is 0 Å². The van der Waals surface area contributed by atoms with E-state index in [1.54, 1.807) is 43.3 Å². The van der Waals surface area contributed by atoms with Crippen LogP contribution in [0.15, 0.2) is 36.4 Å². The molecule has 0 fully saturated rings. The molecule has 6 heteroatoms. The lowest BCUT2D eigenvalue weighted by atomic mass is 9.93. The first-order chi connectivity index (χ1) is 13.7. The van der Waals surface area contributed by atoms with E-state index in [1.807, 2.05) is 12.1 Å². The van der Waals surface area contributed by atoms with Gasteiger partial charge in [0.05, 0.1) is 17.8 Å². The van der Waals surface area contributed by atoms with Crippen LogP contribution in [-0.4, -0.2) is 53.9 Å². The third-order valence-electron chi connectivity index (χ3n) is 5.20. The Morgan fingerprint density at radius 2 is 1.10 bits per heavy atom. The Bertz CT molecular complexity index is 1160. The van der Waals surface area contributed by atoms with Gasteiger partial charge in [-0.3, -0.25) is 29.0 Å². The molecule has 4 rings (SSSR count). The molecule has 0 aliphatic carbocycles. The quantitative estimate of drug-likeness (QED) is 0.388. The number of amides is 2. The Hall–Kier alpha value is -3.38. The predicted molar refractivity (Wildman–Crippen MR) is 111 cm³/mol. The molecule has 0 bridgehead atoms. The van der Waals surface area contributed by atoms with Gasteiger partial charge in [-0.05, 0) is 85.9 Å². The van der Waals surface area contributed by atoms with Gasteiger partial charge >= 0.3 is 0 Å². The van der Waals surface area contributed by atoms with Gasteiger partial charge in [0.15, 0.2) is 11.6 Å². The first-order valence-electron chi connectivity index (χ1n) is 9.25. The van der Waals surface area contributed by atoms with Crippen molar-refractivity contribution in [2.24, 2.45) is 0 Å². The molecular formula is C23H20N2O4. The molecule has 0 saturated heterocycles. The summed E-state index contributed by atoms with van der Waals surface area (Å²) in [6.07, 6.45) is 0. The Morgan fingerprint density at radius 3 is 1.45 bits per heavy atom. The summed E-state index contributed by atoms with van der Waals surface area (Å²) in [6.45, 7) is 3.09. The average Bonchev–Trinajstić information content (AvgIpc) is 2.87. The van der Waals surface area contributed by atoms with E-state index in [2.05, 4.69) is 0 Å². The van der Waals surface area contributed by atoms with Crippen molar-refractivity contribution in [3.05, 3.63) is 58.7 Å². The van der Waals surface area contributed by atoms with Crippen LogP contribution in [0, 0.1) is 0 Å². The van der Waals surface area contributed by atoms with Crippen LogP contribution >= 0.6 is 0 Å². The fraction of sp³-hybridized carbons (Fsp3) is 0.217. The third kappa shape index (κ3) is 3.02. The van der Waals surface area contributed by atoms with Crippen LogP contribution in [0.1, 0.15) is 55.3 Å². The summed E-state index contributed by atoms with van der Waals surface area (Å²) >= 11 is 0. The zero-order valence-corrected chi connectivity index (χ0v) is 16.7. The summed E-state index contributed by atoms with van der Waals surface area (Å²) in [4.78, 5) is 52.4. The molecule has 1 aliphatic heterocycles. The molecule has 0 spiro atoms. The Balaban J connectivity index is 1.94. The van der Waals surface area contributed by atoms with Crippen LogP contribution in [0.5, 0.6) is 0 Å². The van der Waals surface area contributed by atoms with Gasteiger partial charge in [0.2, 0.25) is 0 Å². The maximum atomic E-state index is 12.7. The van der Waals surface area contributed by atoms with Gasteiger partial charge in [-0.25, -0.2) is 0 Å². The van der Waals surface area contributed by atoms with Crippen molar-refractivity contribution in [1.82, 2.24) is 9.80 Å². The van der Waals surface area contributed by atoms with Crippen molar-refractivity contribution in [2.45, 2.75) is 13.8 Å². The average molecular weight is 388 g/mol. The van der Waals surface area contributed by atoms with E-state index in [0.29, 0.717) is 22.3 Å². The number of nitrogens with zero attached hydrogens (tertiary/aromatic N) is 2. The first kappa shape index (κ1) is 19.0. The maximum absolute atomic E-state index is 12.7. The Morgan fingerprint density at radius 1 is 0.724 bits per heavy atom. The molecule has 0 aromatic heterocycles. The number of hydrogen-bond donors (Lipinski definition) is 0. The molecule has 2 amide bonds. The highest BCUT2D eigenvalue weighted by Gasteiger charge is 2.36. The van der Waals surface area contributed by atoms with E-state index in [1.165, 1.54) is 18.7 Å². The second kappa shape index (κ2) is 6.60. The van der Waals surface area contributed by atoms with Gasteiger partial charge in [0.25, 0.3) is 11.8 Å². The molecule has 0 unspecified atom stereocenters. The van der Waals surface area contributed by atoms with E-state index in [9.17, 15) is 19.2 Å². The summed E-state index contributed by atoms with van der Waals surface area (Å²) in [5, 5.41) is 3.20. The van der Waals surface area contributed by atoms with Crippen molar-refractivity contribution in [2.75, 3.05) is 20.8 Å². The number of rotatable bonds is 4. The molecule has 29 heavy (non-hydrogen) atoms. The lowest BCUT2D eigenvalue weighted by molar-refractivity contribution is 0.0583. The summed E-state index contributed by atoms with van der Waals surface area (Å²) in [6, 6.07) is 10.7. The Labute approximate surface area is 167 Å². The van der Waals surface area contributed by atoms with Gasteiger partial charge in [-0.1, -0.05) is 0 Å². The zero-order chi connectivity index (χ0) is 21.0. The number of hydrogen-bond acceptors (Lipinski definition) is 5. The molecule has 1 heterocycles. The number of ketones is 2. The summed E-state index contributed by atoms with van der Waals surface area (Å²) in [7, 11) is 3.60. The molecule has 0 atom stereocenters. The fourth-order valence-corrected chi connectivity index (χ4v) is 3.83. The highest BCUT2D eigenvalue weighted by atomic mass is 16.2. The molecule has 3 aromatic carbocycles. The topological polar surface area (TPSA) is 74.8 Å². The summed E-state index contributed by atoms with van der Waals surface area (Å²) in [5.41, 5.74) is 1.54. The number of carbonyl (C=O) groups is 4. The van der Waals surface area contributed by atoms with Crippen LogP contribution < -0.4 is 0 Å². The highest BCUT2D eigenvalue weighted by molar-refractivity contribution is 6.23. The van der Waals surface area contributed by atoms with Crippen LogP contribution in [0.25, 0.3) is 21.5 Å². The van der Waals surface area contributed by atoms with E-state index < -0.39 is 0 Å². The van der Waals surface area contributed by atoms with Gasteiger partial charge in [0.1, 0.15) is 0 Å². The number of fused-ring (bicyclic) bond motifs is 3. The predicted octanol–water partition coefficient (Wildman–Crippen LogP) is 3.51. The second-order valence-electron chi connectivity index (χ2n) is 7.71. The largest absolute Gasteiger partial charge is 0.294 e. The minimum absolute atomic E-state index is 0.175. The van der Waals surface area contributed by atoms with E-state index in [4.69, 9.17) is 0 Å². The molecular weight excluding hydrogens is 368 g/mol. The molecule has 3 aromatic rings. The van der Waals surface area contributed by atoms with Crippen molar-refractivity contribution >= 4 is 44.9 Å². The van der Waals surface area contributed by atoms with E-state index in [-0.39, 0.29) is 30.0 Å². The molecule has 0 saturated carbocycles. The number of benzene rings is 3. The minimum atomic E-state index is -0.308. The standard InChI is InChI=1S/C23H20N2O4/c1-12(26)18-7-14-5-16-9-20-21(23(29)25(22(20)28)11-24(3)4)10-17(16)6-15(14)8-19(18)13(2)27/h5-10H,11H2,1-4H3. The van der Waals surface area contributed by atoms with E-state index in [0.717, 1.165) is 21.5 Å². The lowest BCUT2D eigenvalue weighted by Crippen LogP contribution is -2.37. The van der Waals surface area contributed by atoms with Crippen LogP contribution in [0.3, 0.4) is 0 Å². The smallest absolute Gasteiger partial charge is 0.262 e. The van der Waals surface area contributed by atoms with Gasteiger partial charge in [0, 0.05) is 11.1 Å². The van der Waals surface area contributed by atoms with Crippen LogP contribution in [0.2, 0.25) is 0 Å². The van der Waals surface area contributed by atoms with Crippen LogP contribution in [-0.2, 0) is 0 Å². The molecule has 0 radical (unpaired) electrons. The third-order valence-corrected chi connectivity index (χ3v) is 5.20. The maximum Gasteiger partial charge on any atom is 0.262 e. The summed E-state index contributed by atoms with van der Waals surface area (Å²) < 4.78 is 0. The fourth-order valence-electron chi connectivity index (χ4n) is 3.83. The van der Waals surface area contributed by atoms with Crippen molar-refractivity contribution in [3.63, 3.8) is 0 Å².